The molecule has 2 heteroatoms. The first kappa shape index (κ1) is 15.9. The summed E-state index contributed by atoms with van der Waals surface area (Å²) in [7, 11) is 0. The van der Waals surface area contributed by atoms with Gasteiger partial charge in [-0.3, -0.25) is 0 Å². The summed E-state index contributed by atoms with van der Waals surface area (Å²) in [6.45, 7) is 5.70. The number of thioether (sulfide) groups is 1. The van der Waals surface area contributed by atoms with Crippen LogP contribution in [0.25, 0.3) is 0 Å². The Bertz CT molecular complexity index is 368. The predicted molar refractivity (Wildman–Crippen MR) is 91.6 cm³/mol. The fraction of sp³-hybridized carbons (Fsp3) is 0.667. The molecule has 112 valence electrons. The van der Waals surface area contributed by atoms with Gasteiger partial charge in [0.15, 0.2) is 0 Å². The monoisotopic (exact) mass is 291 g/mol. The number of aryl methyl sites for hydroxylation is 1. The van der Waals surface area contributed by atoms with E-state index in [4.69, 9.17) is 0 Å². The fourth-order valence-electron chi connectivity index (χ4n) is 2.75. The van der Waals surface area contributed by atoms with Crippen LogP contribution >= 0.6 is 11.8 Å². The smallest absolute Gasteiger partial charge is 0.0292 e. The molecule has 0 bridgehead atoms. The van der Waals surface area contributed by atoms with Crippen molar-refractivity contribution in [2.75, 3.05) is 12.3 Å². The van der Waals surface area contributed by atoms with Crippen molar-refractivity contribution in [3.8, 4) is 0 Å². The van der Waals surface area contributed by atoms with Crippen LogP contribution in [0, 0.1) is 0 Å². The highest BCUT2D eigenvalue weighted by atomic mass is 32.2. The van der Waals surface area contributed by atoms with Crippen LogP contribution in [0.4, 0.5) is 0 Å². The zero-order valence-electron chi connectivity index (χ0n) is 13.0. The van der Waals surface area contributed by atoms with E-state index in [0.29, 0.717) is 6.04 Å². The maximum Gasteiger partial charge on any atom is 0.0292 e. The lowest BCUT2D eigenvalue weighted by molar-refractivity contribution is 0.538. The second kappa shape index (κ2) is 8.74. The first-order valence-electron chi connectivity index (χ1n) is 8.23. The first-order valence-corrected chi connectivity index (χ1v) is 9.28. The normalized spacial score (nSPS) is 20.8. The minimum absolute atomic E-state index is 0.470. The summed E-state index contributed by atoms with van der Waals surface area (Å²) < 4.78 is 0. The third-order valence-electron chi connectivity index (χ3n) is 4.22. The highest BCUT2D eigenvalue weighted by molar-refractivity contribution is 7.99. The molecule has 1 heterocycles. The largest absolute Gasteiger partial charge is 0.309 e. The Balaban J connectivity index is 1.77. The van der Waals surface area contributed by atoms with Crippen LogP contribution < -0.4 is 5.32 Å². The van der Waals surface area contributed by atoms with E-state index in [2.05, 4.69) is 55.2 Å². The lowest BCUT2D eigenvalue weighted by atomic mass is 10.0. The summed E-state index contributed by atoms with van der Waals surface area (Å²) in [5.41, 5.74) is 2.90. The number of hydrogen-bond acceptors (Lipinski definition) is 2. The van der Waals surface area contributed by atoms with Crippen LogP contribution in [0.2, 0.25) is 0 Å². The zero-order valence-corrected chi connectivity index (χ0v) is 13.8. The topological polar surface area (TPSA) is 12.0 Å². The van der Waals surface area contributed by atoms with Crippen molar-refractivity contribution < 1.29 is 0 Å². The molecule has 1 nitrogen and oxygen atoms in total. The van der Waals surface area contributed by atoms with Crippen molar-refractivity contribution in [3.63, 3.8) is 0 Å². The molecule has 1 aromatic rings. The molecule has 0 saturated carbocycles. The van der Waals surface area contributed by atoms with Gasteiger partial charge in [-0.2, -0.15) is 11.8 Å². The van der Waals surface area contributed by atoms with Gasteiger partial charge in [-0.15, -0.1) is 0 Å². The molecule has 0 spiro atoms. The van der Waals surface area contributed by atoms with Gasteiger partial charge in [-0.1, -0.05) is 44.0 Å². The Labute approximate surface area is 128 Å². The molecule has 2 unspecified atom stereocenters. The number of hydrogen-bond donors (Lipinski definition) is 1. The van der Waals surface area contributed by atoms with Crippen LogP contribution in [0.1, 0.15) is 63.1 Å². The van der Waals surface area contributed by atoms with E-state index in [1.165, 1.54) is 55.4 Å². The molecule has 1 aliphatic heterocycles. The molecule has 0 radical (unpaired) electrons. The van der Waals surface area contributed by atoms with Gasteiger partial charge in [0, 0.05) is 17.8 Å². The Morgan fingerprint density at radius 3 is 2.70 bits per heavy atom. The van der Waals surface area contributed by atoms with Crippen molar-refractivity contribution in [1.82, 2.24) is 5.32 Å². The molecule has 1 aliphatic rings. The van der Waals surface area contributed by atoms with Gasteiger partial charge >= 0.3 is 0 Å². The third kappa shape index (κ3) is 5.14. The average Bonchev–Trinajstić information content (AvgIpc) is 2.52. The van der Waals surface area contributed by atoms with Crippen molar-refractivity contribution >= 4 is 11.8 Å². The molecule has 0 aromatic heterocycles. The SMILES string of the molecule is CCCCc1ccc(C(C)NCC2CCCCS2)cc1. The van der Waals surface area contributed by atoms with Gasteiger partial charge in [-0.25, -0.2) is 0 Å². The Morgan fingerprint density at radius 1 is 1.25 bits per heavy atom. The minimum atomic E-state index is 0.470. The lowest BCUT2D eigenvalue weighted by Crippen LogP contribution is -2.28. The van der Waals surface area contributed by atoms with Crippen LogP contribution in [-0.4, -0.2) is 17.5 Å². The summed E-state index contributed by atoms with van der Waals surface area (Å²) in [6, 6.07) is 9.68. The van der Waals surface area contributed by atoms with Crippen molar-refractivity contribution in [2.24, 2.45) is 0 Å². The summed E-state index contributed by atoms with van der Waals surface area (Å²) in [4.78, 5) is 0. The lowest BCUT2D eigenvalue weighted by Gasteiger charge is -2.24. The van der Waals surface area contributed by atoms with Crippen LogP contribution in [-0.2, 0) is 6.42 Å². The molecule has 2 atom stereocenters. The van der Waals surface area contributed by atoms with Gasteiger partial charge in [0.2, 0.25) is 0 Å². The zero-order chi connectivity index (χ0) is 14.2. The van der Waals surface area contributed by atoms with Crippen molar-refractivity contribution in [1.29, 1.82) is 0 Å². The van der Waals surface area contributed by atoms with E-state index in [1.54, 1.807) is 0 Å². The van der Waals surface area contributed by atoms with Gasteiger partial charge in [0.1, 0.15) is 0 Å². The third-order valence-corrected chi connectivity index (χ3v) is 5.62. The second-order valence-corrected chi connectivity index (χ2v) is 7.37. The minimum Gasteiger partial charge on any atom is -0.309 e. The molecule has 20 heavy (non-hydrogen) atoms. The Hall–Kier alpha value is -0.470. The van der Waals surface area contributed by atoms with Gasteiger partial charge < -0.3 is 5.32 Å². The Morgan fingerprint density at radius 2 is 2.05 bits per heavy atom. The van der Waals surface area contributed by atoms with E-state index < -0.39 is 0 Å². The number of benzene rings is 1. The summed E-state index contributed by atoms with van der Waals surface area (Å²) >= 11 is 2.15. The number of nitrogens with one attached hydrogen (secondary N) is 1. The maximum absolute atomic E-state index is 3.71. The van der Waals surface area contributed by atoms with E-state index in [-0.39, 0.29) is 0 Å². The molecule has 1 N–H and O–H groups in total. The van der Waals surface area contributed by atoms with Crippen LogP contribution in [0.15, 0.2) is 24.3 Å². The van der Waals surface area contributed by atoms with Gasteiger partial charge in [0.05, 0.1) is 0 Å². The van der Waals surface area contributed by atoms with E-state index in [0.717, 1.165) is 11.8 Å². The molecule has 2 rings (SSSR count). The molecule has 1 aromatic carbocycles. The molecule has 1 saturated heterocycles. The number of rotatable bonds is 7. The highest BCUT2D eigenvalue weighted by Gasteiger charge is 2.15. The number of unbranched alkanes of at least 4 members (excludes halogenated alkanes) is 1. The molecular weight excluding hydrogens is 262 g/mol. The second-order valence-electron chi connectivity index (χ2n) is 5.96. The predicted octanol–water partition coefficient (Wildman–Crippen LogP) is 4.97. The van der Waals surface area contributed by atoms with E-state index >= 15 is 0 Å². The maximum atomic E-state index is 3.71. The van der Waals surface area contributed by atoms with Crippen molar-refractivity contribution in [3.05, 3.63) is 35.4 Å². The average molecular weight is 292 g/mol. The van der Waals surface area contributed by atoms with E-state index in [9.17, 15) is 0 Å². The van der Waals surface area contributed by atoms with Crippen LogP contribution in [0.5, 0.6) is 0 Å². The molecule has 1 fully saturated rings. The first-order chi connectivity index (χ1) is 9.79. The fourth-order valence-corrected chi connectivity index (χ4v) is 4.00. The van der Waals surface area contributed by atoms with Crippen molar-refractivity contribution in [2.45, 2.75) is 63.7 Å². The summed E-state index contributed by atoms with van der Waals surface area (Å²) in [5, 5.41) is 4.54. The molecule has 0 aliphatic carbocycles. The van der Waals surface area contributed by atoms with Gasteiger partial charge in [-0.05, 0) is 49.5 Å². The van der Waals surface area contributed by atoms with Crippen LogP contribution in [0.3, 0.4) is 0 Å². The summed E-state index contributed by atoms with van der Waals surface area (Å²) in [5.74, 6) is 1.35. The highest BCUT2D eigenvalue weighted by Crippen LogP contribution is 2.25. The summed E-state index contributed by atoms with van der Waals surface area (Å²) in [6.07, 6.45) is 8.01. The quantitative estimate of drug-likeness (QED) is 0.761. The van der Waals surface area contributed by atoms with Gasteiger partial charge in [0.25, 0.3) is 0 Å². The Kier molecular flexibility index (Phi) is 6.95. The standard InChI is InChI=1S/C18H29NS/c1-3-4-7-16-9-11-17(12-10-16)15(2)19-14-18-8-5-6-13-20-18/h9-12,15,18-19H,3-8,13-14H2,1-2H3. The van der Waals surface area contributed by atoms with E-state index in [1.807, 2.05) is 0 Å². The molecular formula is C18H29NS. The molecule has 0 amide bonds.